The third kappa shape index (κ3) is 4.05. The molecule has 0 spiro atoms. The van der Waals surface area contributed by atoms with Crippen LogP contribution in [0.3, 0.4) is 0 Å². The van der Waals surface area contributed by atoms with Crippen molar-refractivity contribution in [2.45, 2.75) is 12.5 Å². The Balaban J connectivity index is 3.41. The number of carbonyl (C=O) groups excluding carboxylic acids is 2. The highest BCUT2D eigenvalue weighted by Crippen LogP contribution is 2.33. The maximum atomic E-state index is 12.2. The molecule has 0 aliphatic rings. The van der Waals surface area contributed by atoms with E-state index in [4.69, 9.17) is 9.47 Å². The summed E-state index contributed by atoms with van der Waals surface area (Å²) in [5.41, 5.74) is -1.65. The van der Waals surface area contributed by atoms with Crippen LogP contribution in [0.1, 0.15) is 12.5 Å². The summed E-state index contributed by atoms with van der Waals surface area (Å²) >= 11 is 3.29. The van der Waals surface area contributed by atoms with Crippen LogP contribution in [0.25, 0.3) is 0 Å². The molecule has 0 bridgehead atoms. The first kappa shape index (κ1) is 18.1. The Morgan fingerprint density at radius 1 is 1.45 bits per heavy atom. The highest BCUT2D eigenvalue weighted by Gasteiger charge is 2.43. The van der Waals surface area contributed by atoms with Gasteiger partial charge in [-0.25, -0.2) is 4.79 Å². The normalized spacial score (nSPS) is 13.9. The number of benzene rings is 1. The average Bonchev–Trinajstić information content (AvgIpc) is 2.49. The second-order valence-corrected chi connectivity index (χ2v) is 5.34. The van der Waals surface area contributed by atoms with Crippen molar-refractivity contribution in [3.63, 3.8) is 0 Å². The molecule has 0 fully saturated rings. The van der Waals surface area contributed by atoms with Gasteiger partial charge in [0.2, 0.25) is 5.60 Å². The van der Waals surface area contributed by atoms with Gasteiger partial charge in [0.1, 0.15) is 6.61 Å². The number of methoxy groups -OCH3 is 1. The van der Waals surface area contributed by atoms with E-state index in [0.717, 1.165) is 0 Å². The Morgan fingerprint density at radius 3 is 2.64 bits per heavy atom. The minimum Gasteiger partial charge on any atom is -0.466 e. The van der Waals surface area contributed by atoms with Crippen molar-refractivity contribution in [2.75, 3.05) is 13.7 Å². The van der Waals surface area contributed by atoms with Crippen molar-refractivity contribution >= 4 is 27.9 Å². The van der Waals surface area contributed by atoms with Gasteiger partial charge < -0.3 is 14.6 Å². The molecule has 1 aromatic carbocycles. The zero-order valence-electron chi connectivity index (χ0n) is 12.3. The Morgan fingerprint density at radius 2 is 2.14 bits per heavy atom. The van der Waals surface area contributed by atoms with E-state index in [9.17, 15) is 14.7 Å². The first-order valence-electron chi connectivity index (χ1n) is 6.38. The van der Waals surface area contributed by atoms with Gasteiger partial charge in [0.25, 0.3) is 0 Å². The van der Waals surface area contributed by atoms with Crippen LogP contribution in [0.2, 0.25) is 0 Å². The number of esters is 2. The van der Waals surface area contributed by atoms with Crippen molar-refractivity contribution in [1.82, 2.24) is 0 Å². The highest BCUT2D eigenvalue weighted by atomic mass is 79.9. The lowest BCUT2D eigenvalue weighted by Gasteiger charge is -2.28. The van der Waals surface area contributed by atoms with Gasteiger partial charge in [0, 0.05) is 22.5 Å². The zero-order chi connectivity index (χ0) is 16.8. The van der Waals surface area contributed by atoms with Gasteiger partial charge in [0.05, 0.1) is 7.11 Å². The van der Waals surface area contributed by atoms with Crippen LogP contribution in [0.4, 0.5) is 0 Å². The lowest BCUT2D eigenvalue weighted by Crippen LogP contribution is -2.40. The van der Waals surface area contributed by atoms with Crippen LogP contribution in [0.5, 0.6) is 0 Å². The van der Waals surface area contributed by atoms with Gasteiger partial charge in [-0.1, -0.05) is 46.8 Å². The van der Waals surface area contributed by atoms with Crippen LogP contribution >= 0.6 is 15.9 Å². The predicted molar refractivity (Wildman–Crippen MR) is 85.0 cm³/mol. The first-order valence-corrected chi connectivity index (χ1v) is 7.17. The molecule has 0 heterocycles. The predicted octanol–water partition coefficient (Wildman–Crippen LogP) is 2.49. The quantitative estimate of drug-likeness (QED) is 0.616. The Bertz CT molecular complexity index is 608. The van der Waals surface area contributed by atoms with Crippen molar-refractivity contribution < 1.29 is 24.2 Å². The summed E-state index contributed by atoms with van der Waals surface area (Å²) in [6, 6.07) is 6.59. The lowest BCUT2D eigenvalue weighted by molar-refractivity contribution is -0.161. The molecule has 0 aromatic heterocycles. The van der Waals surface area contributed by atoms with Gasteiger partial charge in [-0.3, -0.25) is 4.79 Å². The zero-order valence-corrected chi connectivity index (χ0v) is 13.9. The Labute approximate surface area is 137 Å². The summed E-state index contributed by atoms with van der Waals surface area (Å²) in [5.74, 6) is -1.41. The van der Waals surface area contributed by atoms with Gasteiger partial charge >= 0.3 is 11.9 Å². The maximum absolute atomic E-state index is 12.2. The van der Waals surface area contributed by atoms with Crippen molar-refractivity contribution in [3.8, 4) is 0 Å². The number of hydrogen-bond acceptors (Lipinski definition) is 5. The Hall–Kier alpha value is -1.92. The minimum atomic E-state index is -2.08. The number of aliphatic hydroxyl groups is 1. The summed E-state index contributed by atoms with van der Waals surface area (Å²) in [7, 11) is 1.17. The molecule has 1 rings (SSSR count). The number of halogens is 1. The summed E-state index contributed by atoms with van der Waals surface area (Å²) in [6.07, 6.45) is 2.81. The van der Waals surface area contributed by atoms with Crippen LogP contribution in [-0.2, 0) is 24.7 Å². The van der Waals surface area contributed by atoms with E-state index in [1.165, 1.54) is 26.2 Å². The van der Waals surface area contributed by atoms with Crippen LogP contribution in [0, 0.1) is 0 Å². The number of allylic oxidation sites excluding steroid dienone is 2. The van der Waals surface area contributed by atoms with E-state index in [0.29, 0.717) is 4.47 Å². The molecular formula is C16H17BrO5. The van der Waals surface area contributed by atoms with E-state index >= 15 is 0 Å². The average molecular weight is 369 g/mol. The van der Waals surface area contributed by atoms with Gasteiger partial charge in [0.15, 0.2) is 0 Å². The number of hydrogen-bond donors (Lipinski definition) is 1. The number of rotatable bonds is 6. The van der Waals surface area contributed by atoms with Crippen LogP contribution in [0.15, 0.2) is 53.0 Å². The van der Waals surface area contributed by atoms with Crippen molar-refractivity contribution in [2.24, 2.45) is 0 Å². The molecule has 1 N–H and O–H groups in total. The molecule has 22 heavy (non-hydrogen) atoms. The lowest BCUT2D eigenvalue weighted by atomic mass is 9.86. The van der Waals surface area contributed by atoms with Crippen LogP contribution in [-0.4, -0.2) is 30.8 Å². The molecule has 0 saturated carbocycles. The molecule has 118 valence electrons. The van der Waals surface area contributed by atoms with E-state index in [1.54, 1.807) is 24.3 Å². The molecule has 0 aliphatic carbocycles. The van der Waals surface area contributed by atoms with Crippen molar-refractivity contribution in [1.29, 1.82) is 0 Å². The number of carbonyl (C=O) groups is 2. The fourth-order valence-corrected chi connectivity index (χ4v) is 2.29. The van der Waals surface area contributed by atoms with E-state index in [2.05, 4.69) is 22.5 Å². The monoisotopic (exact) mass is 368 g/mol. The highest BCUT2D eigenvalue weighted by molar-refractivity contribution is 9.10. The molecule has 0 amide bonds. The van der Waals surface area contributed by atoms with E-state index in [-0.39, 0.29) is 17.7 Å². The summed E-state index contributed by atoms with van der Waals surface area (Å²) in [6.45, 7) is 4.52. The molecule has 1 atom stereocenters. The fraction of sp³-hybridized carbons (Fsp3) is 0.250. The largest absolute Gasteiger partial charge is 0.466 e. The molecule has 0 saturated heterocycles. The van der Waals surface area contributed by atoms with Crippen LogP contribution < -0.4 is 0 Å². The summed E-state index contributed by atoms with van der Waals surface area (Å²) in [5, 5.41) is 11.0. The second-order valence-electron chi connectivity index (χ2n) is 4.42. The van der Waals surface area contributed by atoms with Gasteiger partial charge in [-0.05, 0) is 12.1 Å². The summed E-state index contributed by atoms with van der Waals surface area (Å²) < 4.78 is 10.3. The standard InChI is InChI=1S/C16H17BrO5/c1-4-6-13(10-22-11(2)18)16(20,15(19)21-3)12-7-5-8-14(17)9-12/h4-9,20H,1,10H2,2-3H3/b13-6+/t16-/m1/s1. The third-order valence-corrected chi connectivity index (χ3v) is 3.43. The van der Waals surface area contributed by atoms with Gasteiger partial charge in [-0.2, -0.15) is 0 Å². The van der Waals surface area contributed by atoms with E-state index < -0.39 is 17.5 Å². The Kier molecular flexibility index (Phi) is 6.52. The topological polar surface area (TPSA) is 72.8 Å². The summed E-state index contributed by atoms with van der Waals surface area (Å²) in [4.78, 5) is 23.2. The molecular weight excluding hydrogens is 352 g/mol. The third-order valence-electron chi connectivity index (χ3n) is 2.94. The number of ether oxygens (including phenoxy) is 2. The molecule has 0 aliphatic heterocycles. The molecule has 0 radical (unpaired) electrons. The van der Waals surface area contributed by atoms with Crippen molar-refractivity contribution in [3.05, 3.63) is 58.6 Å². The molecule has 0 unspecified atom stereocenters. The SMILES string of the molecule is C=C/C=C(\COC(C)=O)[C@@](O)(C(=O)OC)c1cccc(Br)c1. The maximum Gasteiger partial charge on any atom is 0.347 e. The fourth-order valence-electron chi connectivity index (χ4n) is 1.89. The minimum absolute atomic E-state index is 0.141. The van der Waals surface area contributed by atoms with E-state index in [1.807, 2.05) is 0 Å². The molecule has 6 heteroatoms. The smallest absolute Gasteiger partial charge is 0.347 e. The van der Waals surface area contributed by atoms with Gasteiger partial charge in [-0.15, -0.1) is 0 Å². The molecule has 5 nitrogen and oxygen atoms in total. The second kappa shape index (κ2) is 7.91. The first-order chi connectivity index (χ1) is 10.4. The molecule has 1 aromatic rings.